The van der Waals surface area contributed by atoms with Crippen LogP contribution in [0.1, 0.15) is 55.2 Å². The van der Waals surface area contributed by atoms with Crippen LogP contribution < -0.4 is 9.62 Å². The van der Waals surface area contributed by atoms with Crippen LogP contribution in [-0.4, -0.2) is 50.0 Å². The van der Waals surface area contributed by atoms with Gasteiger partial charge in [-0.3, -0.25) is 13.9 Å². The number of carbonyl (C=O) groups excluding carboxylic acids is 2. The predicted molar refractivity (Wildman–Crippen MR) is 169 cm³/mol. The van der Waals surface area contributed by atoms with E-state index < -0.39 is 16.1 Å². The van der Waals surface area contributed by atoms with Gasteiger partial charge >= 0.3 is 0 Å². The second-order valence-corrected chi connectivity index (χ2v) is 13.3. The number of benzene rings is 3. The minimum Gasteiger partial charge on any atom is -0.352 e. The van der Waals surface area contributed by atoms with Crippen LogP contribution in [0.25, 0.3) is 0 Å². The fraction of sp³-hybridized carbons (Fsp3) is 0.394. The molecule has 0 aromatic heterocycles. The Morgan fingerprint density at radius 2 is 1.55 bits per heavy atom. The molecule has 7 nitrogen and oxygen atoms in total. The first-order chi connectivity index (χ1) is 20.1. The molecule has 0 spiro atoms. The third-order valence-corrected chi connectivity index (χ3v) is 9.42. The Balaban J connectivity index is 1.58. The molecule has 0 aliphatic heterocycles. The lowest BCUT2D eigenvalue weighted by molar-refractivity contribution is -0.141. The highest BCUT2D eigenvalue weighted by atomic mass is 35.5. The molecule has 1 atom stereocenters. The molecule has 1 saturated carbocycles. The zero-order valence-electron chi connectivity index (χ0n) is 24.3. The molecule has 3 aromatic carbocycles. The topological polar surface area (TPSA) is 86.8 Å². The third-order valence-electron chi connectivity index (χ3n) is 7.83. The van der Waals surface area contributed by atoms with Crippen LogP contribution in [-0.2, 0) is 32.6 Å². The molecule has 0 bridgehead atoms. The summed E-state index contributed by atoms with van der Waals surface area (Å²) < 4.78 is 26.8. The number of rotatable bonds is 13. The van der Waals surface area contributed by atoms with Crippen molar-refractivity contribution < 1.29 is 18.0 Å². The maximum atomic E-state index is 14.0. The number of carbonyl (C=O) groups is 2. The second kappa shape index (κ2) is 14.7. The van der Waals surface area contributed by atoms with Crippen LogP contribution in [0.5, 0.6) is 0 Å². The van der Waals surface area contributed by atoms with Crippen molar-refractivity contribution in [1.29, 1.82) is 0 Å². The highest BCUT2D eigenvalue weighted by Crippen LogP contribution is 2.29. The lowest BCUT2D eigenvalue weighted by Gasteiger charge is -2.33. The van der Waals surface area contributed by atoms with E-state index in [1.165, 1.54) is 4.31 Å². The summed E-state index contributed by atoms with van der Waals surface area (Å²) >= 11 is 6.28. The number of hydrogen-bond donors (Lipinski definition) is 1. The van der Waals surface area contributed by atoms with Gasteiger partial charge < -0.3 is 10.2 Å². The number of halogens is 1. The fourth-order valence-electron chi connectivity index (χ4n) is 5.55. The van der Waals surface area contributed by atoms with Gasteiger partial charge in [-0.25, -0.2) is 8.42 Å². The van der Waals surface area contributed by atoms with E-state index >= 15 is 0 Å². The first-order valence-electron chi connectivity index (χ1n) is 14.5. The molecule has 0 radical (unpaired) electrons. The molecule has 1 aliphatic carbocycles. The first-order valence-corrected chi connectivity index (χ1v) is 16.8. The van der Waals surface area contributed by atoms with Crippen molar-refractivity contribution in [1.82, 2.24) is 10.2 Å². The Morgan fingerprint density at radius 1 is 0.929 bits per heavy atom. The van der Waals surface area contributed by atoms with E-state index in [0.717, 1.165) is 43.1 Å². The fourth-order valence-corrected chi connectivity index (χ4v) is 6.74. The Bertz CT molecular complexity index is 1440. The quantitative estimate of drug-likeness (QED) is 0.262. The standard InChI is InChI=1S/C33H40ClN3O4S/c1-25-29(34)19-11-20-30(25)37(42(2,40)41)22-12-21-32(38)36(24-27-15-7-4-8-16-27)31(23-26-13-5-3-6-14-26)33(39)35-28-17-9-10-18-28/h3-8,11,13-16,19-20,28,31H,9-10,12,17-18,21-24H2,1-2H3,(H,35,39)/t31-/m1/s1. The van der Waals surface area contributed by atoms with Crippen LogP contribution in [0.3, 0.4) is 0 Å². The van der Waals surface area contributed by atoms with Crippen molar-refractivity contribution in [2.75, 3.05) is 17.1 Å². The molecule has 2 amide bonds. The monoisotopic (exact) mass is 609 g/mol. The van der Waals surface area contributed by atoms with Crippen molar-refractivity contribution in [3.8, 4) is 0 Å². The first kappa shape index (κ1) is 31.6. The van der Waals surface area contributed by atoms with Crippen molar-refractivity contribution in [3.05, 3.63) is 101 Å². The average molecular weight is 610 g/mol. The van der Waals surface area contributed by atoms with Gasteiger partial charge in [-0.2, -0.15) is 0 Å². The lowest BCUT2D eigenvalue weighted by Crippen LogP contribution is -2.52. The molecular weight excluding hydrogens is 570 g/mol. The number of nitrogens with zero attached hydrogens (tertiary/aromatic N) is 2. The number of hydrogen-bond acceptors (Lipinski definition) is 4. The molecule has 224 valence electrons. The van der Waals surface area contributed by atoms with Crippen molar-refractivity contribution in [3.63, 3.8) is 0 Å². The summed E-state index contributed by atoms with van der Waals surface area (Å²) in [5.41, 5.74) is 3.05. The smallest absolute Gasteiger partial charge is 0.243 e. The summed E-state index contributed by atoms with van der Waals surface area (Å²) in [6, 6.07) is 23.9. The number of sulfonamides is 1. The lowest BCUT2D eigenvalue weighted by atomic mass is 10.0. The van der Waals surface area contributed by atoms with Crippen LogP contribution >= 0.6 is 11.6 Å². The van der Waals surface area contributed by atoms with E-state index in [4.69, 9.17) is 11.6 Å². The molecule has 9 heteroatoms. The van der Waals surface area contributed by atoms with Gasteiger partial charge in [0.05, 0.1) is 11.9 Å². The van der Waals surface area contributed by atoms with Gasteiger partial charge in [-0.1, -0.05) is 91.2 Å². The highest BCUT2D eigenvalue weighted by molar-refractivity contribution is 7.92. The average Bonchev–Trinajstić information content (AvgIpc) is 3.48. The largest absolute Gasteiger partial charge is 0.352 e. The SMILES string of the molecule is Cc1c(Cl)cccc1N(CCCC(=O)N(Cc1ccccc1)[C@H](Cc1ccccc1)C(=O)NC1CCCC1)S(C)(=O)=O. The maximum absolute atomic E-state index is 14.0. The van der Waals surface area contributed by atoms with Crippen LogP contribution in [0.15, 0.2) is 78.9 Å². The number of anilines is 1. The Kier molecular flexibility index (Phi) is 11.0. The normalized spacial score (nSPS) is 14.4. The molecule has 1 N–H and O–H groups in total. The number of amides is 2. The van der Waals surface area contributed by atoms with Crippen molar-refractivity contribution in [2.24, 2.45) is 0 Å². The molecule has 0 heterocycles. The summed E-state index contributed by atoms with van der Waals surface area (Å²) in [6.45, 7) is 2.17. The molecule has 42 heavy (non-hydrogen) atoms. The van der Waals surface area contributed by atoms with Gasteiger partial charge in [0.25, 0.3) is 0 Å². The molecule has 0 unspecified atom stereocenters. The third kappa shape index (κ3) is 8.58. The van der Waals surface area contributed by atoms with Crippen LogP contribution in [0.4, 0.5) is 5.69 Å². The summed E-state index contributed by atoms with van der Waals surface area (Å²) in [4.78, 5) is 29.4. The van der Waals surface area contributed by atoms with Gasteiger partial charge in [0.15, 0.2) is 0 Å². The Morgan fingerprint density at radius 3 is 2.17 bits per heavy atom. The molecule has 1 fully saturated rings. The van der Waals surface area contributed by atoms with E-state index in [1.807, 2.05) is 60.7 Å². The van der Waals surface area contributed by atoms with Crippen LogP contribution in [0, 0.1) is 6.92 Å². The van der Waals surface area contributed by atoms with E-state index in [2.05, 4.69) is 5.32 Å². The van der Waals surface area contributed by atoms with Crippen LogP contribution in [0.2, 0.25) is 5.02 Å². The Labute approximate surface area is 254 Å². The number of nitrogens with one attached hydrogen (secondary N) is 1. The van der Waals surface area contributed by atoms with E-state index in [0.29, 0.717) is 22.7 Å². The van der Waals surface area contributed by atoms with Gasteiger partial charge in [0.1, 0.15) is 6.04 Å². The van der Waals surface area contributed by atoms with Gasteiger partial charge in [-0.05, 0) is 55.0 Å². The highest BCUT2D eigenvalue weighted by Gasteiger charge is 2.32. The van der Waals surface area contributed by atoms with Gasteiger partial charge in [0.2, 0.25) is 21.8 Å². The summed E-state index contributed by atoms with van der Waals surface area (Å²) in [5.74, 6) is -0.347. The Hall–Kier alpha value is -3.36. The zero-order valence-corrected chi connectivity index (χ0v) is 25.9. The minimum atomic E-state index is -3.62. The van der Waals surface area contributed by atoms with Crippen molar-refractivity contribution in [2.45, 2.75) is 70.5 Å². The summed E-state index contributed by atoms with van der Waals surface area (Å²) in [7, 11) is -3.62. The minimum absolute atomic E-state index is 0.0838. The van der Waals surface area contributed by atoms with Crippen molar-refractivity contribution >= 4 is 39.1 Å². The van der Waals surface area contributed by atoms with E-state index in [1.54, 1.807) is 30.0 Å². The van der Waals surface area contributed by atoms with E-state index in [-0.39, 0.29) is 43.8 Å². The van der Waals surface area contributed by atoms with E-state index in [9.17, 15) is 18.0 Å². The molecular formula is C33H40ClN3O4S. The maximum Gasteiger partial charge on any atom is 0.243 e. The van der Waals surface area contributed by atoms with Gasteiger partial charge in [0, 0.05) is 37.0 Å². The molecule has 3 aromatic rings. The molecule has 0 saturated heterocycles. The zero-order chi connectivity index (χ0) is 30.1. The summed E-state index contributed by atoms with van der Waals surface area (Å²) in [6.07, 6.45) is 5.97. The van der Waals surface area contributed by atoms with Gasteiger partial charge in [-0.15, -0.1) is 0 Å². The predicted octanol–water partition coefficient (Wildman–Crippen LogP) is 5.89. The summed E-state index contributed by atoms with van der Waals surface area (Å²) in [5, 5.41) is 3.69. The molecule has 1 aliphatic rings. The second-order valence-electron chi connectivity index (χ2n) is 11.0. The molecule has 4 rings (SSSR count).